The van der Waals surface area contributed by atoms with E-state index < -0.39 is 0 Å². The third-order valence-corrected chi connectivity index (χ3v) is 5.11. The van der Waals surface area contributed by atoms with Crippen LogP contribution in [0.15, 0.2) is 24.3 Å². The zero-order chi connectivity index (χ0) is 14.6. The molecule has 2 heteroatoms. The summed E-state index contributed by atoms with van der Waals surface area (Å²) in [6, 6.07) is 8.97. The number of hydrogen-bond donors (Lipinski definition) is 1. The third kappa shape index (κ3) is 2.71. The molecule has 2 nitrogen and oxygen atoms in total. The maximum Gasteiger partial charge on any atom is 0.122 e. The first-order chi connectivity index (χ1) is 9.67. The quantitative estimate of drug-likeness (QED) is 0.800. The van der Waals surface area contributed by atoms with Crippen LogP contribution in [0.4, 0.5) is 0 Å². The van der Waals surface area contributed by atoms with Crippen molar-refractivity contribution in [2.75, 3.05) is 6.54 Å². The molecule has 0 saturated heterocycles. The Kier molecular flexibility index (Phi) is 5.09. The van der Waals surface area contributed by atoms with E-state index in [1.807, 2.05) is 0 Å². The molecule has 2 rings (SSSR count). The SMILES string of the molecule is CCCNC1CC(Oc2ccccc2C)C1(CC)CC. The summed E-state index contributed by atoms with van der Waals surface area (Å²) < 4.78 is 6.35. The van der Waals surface area contributed by atoms with Gasteiger partial charge in [0.1, 0.15) is 11.9 Å². The van der Waals surface area contributed by atoms with Crippen LogP contribution in [-0.4, -0.2) is 18.7 Å². The number of benzene rings is 1. The van der Waals surface area contributed by atoms with Crippen LogP contribution < -0.4 is 10.1 Å². The van der Waals surface area contributed by atoms with Gasteiger partial charge in [0.15, 0.2) is 0 Å². The molecule has 0 spiro atoms. The number of hydrogen-bond acceptors (Lipinski definition) is 2. The van der Waals surface area contributed by atoms with E-state index >= 15 is 0 Å². The summed E-state index contributed by atoms with van der Waals surface area (Å²) in [5.74, 6) is 1.05. The normalized spacial score (nSPS) is 24.2. The van der Waals surface area contributed by atoms with Crippen LogP contribution in [-0.2, 0) is 0 Å². The number of rotatable bonds is 7. The monoisotopic (exact) mass is 275 g/mol. The fraction of sp³-hybridized carbons (Fsp3) is 0.667. The average Bonchev–Trinajstić information content (AvgIpc) is 2.45. The minimum absolute atomic E-state index is 0.303. The first-order valence-corrected chi connectivity index (χ1v) is 8.13. The van der Waals surface area contributed by atoms with Gasteiger partial charge in [-0.2, -0.15) is 0 Å². The van der Waals surface area contributed by atoms with E-state index in [0.717, 1.165) is 18.7 Å². The lowest BCUT2D eigenvalue weighted by Gasteiger charge is -2.55. The molecular weight excluding hydrogens is 246 g/mol. The van der Waals surface area contributed by atoms with Gasteiger partial charge in [-0.25, -0.2) is 0 Å². The Morgan fingerprint density at radius 3 is 2.50 bits per heavy atom. The highest BCUT2D eigenvalue weighted by Crippen LogP contribution is 2.49. The van der Waals surface area contributed by atoms with E-state index in [-0.39, 0.29) is 0 Å². The lowest BCUT2D eigenvalue weighted by molar-refractivity contribution is -0.0860. The van der Waals surface area contributed by atoms with Crippen LogP contribution in [0, 0.1) is 12.3 Å². The number of para-hydroxylation sites is 1. The Morgan fingerprint density at radius 2 is 1.90 bits per heavy atom. The second kappa shape index (κ2) is 6.62. The number of ether oxygens (including phenoxy) is 1. The van der Waals surface area contributed by atoms with Crippen molar-refractivity contribution in [3.8, 4) is 5.75 Å². The van der Waals surface area contributed by atoms with E-state index in [0.29, 0.717) is 17.6 Å². The van der Waals surface area contributed by atoms with Gasteiger partial charge in [0.05, 0.1) is 0 Å². The molecule has 1 fully saturated rings. The predicted octanol–water partition coefficient (Wildman–Crippen LogP) is 4.32. The van der Waals surface area contributed by atoms with Gasteiger partial charge in [0.2, 0.25) is 0 Å². The number of aryl methyl sites for hydroxylation is 1. The van der Waals surface area contributed by atoms with Crippen molar-refractivity contribution in [3.63, 3.8) is 0 Å². The fourth-order valence-corrected chi connectivity index (χ4v) is 3.56. The van der Waals surface area contributed by atoms with Gasteiger partial charge in [0.25, 0.3) is 0 Å². The highest BCUT2D eigenvalue weighted by Gasteiger charge is 2.53. The molecule has 112 valence electrons. The molecule has 2 unspecified atom stereocenters. The van der Waals surface area contributed by atoms with Gasteiger partial charge in [0, 0.05) is 17.9 Å². The summed E-state index contributed by atoms with van der Waals surface area (Å²) in [6.45, 7) is 10.1. The summed E-state index contributed by atoms with van der Waals surface area (Å²) in [7, 11) is 0. The predicted molar refractivity (Wildman–Crippen MR) is 85.3 cm³/mol. The molecule has 20 heavy (non-hydrogen) atoms. The molecule has 1 aliphatic carbocycles. The van der Waals surface area contributed by atoms with Gasteiger partial charge in [-0.15, -0.1) is 0 Å². The molecule has 1 aliphatic rings. The molecule has 1 aromatic carbocycles. The van der Waals surface area contributed by atoms with Crippen molar-refractivity contribution in [1.29, 1.82) is 0 Å². The Morgan fingerprint density at radius 1 is 1.20 bits per heavy atom. The smallest absolute Gasteiger partial charge is 0.122 e. The molecule has 1 saturated carbocycles. The molecule has 1 N–H and O–H groups in total. The zero-order valence-corrected chi connectivity index (χ0v) is 13.4. The lowest BCUT2D eigenvalue weighted by Crippen LogP contribution is -2.64. The van der Waals surface area contributed by atoms with Gasteiger partial charge in [-0.05, 0) is 44.4 Å². The van der Waals surface area contributed by atoms with Crippen molar-refractivity contribution in [3.05, 3.63) is 29.8 Å². The standard InChI is InChI=1S/C18H29NO/c1-5-12-19-16-13-17(18(16,6-2)7-3)20-15-11-9-8-10-14(15)4/h8-11,16-17,19H,5-7,12-13H2,1-4H3. The Labute approximate surface area is 123 Å². The third-order valence-electron chi connectivity index (χ3n) is 5.11. The van der Waals surface area contributed by atoms with Crippen molar-refractivity contribution in [1.82, 2.24) is 5.32 Å². The second-order valence-electron chi connectivity index (χ2n) is 6.05. The highest BCUT2D eigenvalue weighted by atomic mass is 16.5. The van der Waals surface area contributed by atoms with Crippen molar-refractivity contribution in [2.24, 2.45) is 5.41 Å². The fourth-order valence-electron chi connectivity index (χ4n) is 3.56. The Hall–Kier alpha value is -1.02. The molecule has 0 bridgehead atoms. The maximum atomic E-state index is 6.35. The lowest BCUT2D eigenvalue weighted by atomic mass is 9.58. The summed E-state index contributed by atoms with van der Waals surface area (Å²) in [4.78, 5) is 0. The van der Waals surface area contributed by atoms with Crippen molar-refractivity contribution >= 4 is 0 Å². The summed E-state index contributed by atoms with van der Waals surface area (Å²) >= 11 is 0. The minimum Gasteiger partial charge on any atom is -0.489 e. The molecule has 0 heterocycles. The second-order valence-corrected chi connectivity index (χ2v) is 6.05. The summed E-state index contributed by atoms with van der Waals surface area (Å²) in [5.41, 5.74) is 1.54. The van der Waals surface area contributed by atoms with E-state index in [4.69, 9.17) is 4.74 Å². The van der Waals surface area contributed by atoms with Crippen LogP contribution in [0.1, 0.15) is 52.0 Å². The molecule has 0 amide bonds. The number of nitrogens with one attached hydrogen (secondary N) is 1. The van der Waals surface area contributed by atoms with Gasteiger partial charge in [-0.1, -0.05) is 39.0 Å². The Balaban J connectivity index is 2.07. The minimum atomic E-state index is 0.303. The topological polar surface area (TPSA) is 21.3 Å². The molecule has 0 radical (unpaired) electrons. The summed E-state index contributed by atoms with van der Waals surface area (Å²) in [6.07, 6.45) is 5.05. The molecular formula is C18H29NO. The van der Waals surface area contributed by atoms with Gasteiger partial charge in [-0.3, -0.25) is 0 Å². The maximum absolute atomic E-state index is 6.35. The van der Waals surface area contributed by atoms with Crippen LogP contribution in [0.3, 0.4) is 0 Å². The van der Waals surface area contributed by atoms with Crippen molar-refractivity contribution < 1.29 is 4.74 Å². The van der Waals surface area contributed by atoms with E-state index in [1.165, 1.54) is 24.8 Å². The first kappa shape index (κ1) is 15.4. The first-order valence-electron chi connectivity index (χ1n) is 8.13. The van der Waals surface area contributed by atoms with Gasteiger partial charge < -0.3 is 10.1 Å². The van der Waals surface area contributed by atoms with Crippen LogP contribution in [0.5, 0.6) is 5.75 Å². The van der Waals surface area contributed by atoms with Crippen LogP contribution in [0.2, 0.25) is 0 Å². The largest absolute Gasteiger partial charge is 0.489 e. The van der Waals surface area contributed by atoms with Crippen LogP contribution >= 0.6 is 0 Å². The van der Waals surface area contributed by atoms with Gasteiger partial charge >= 0.3 is 0 Å². The summed E-state index contributed by atoms with van der Waals surface area (Å²) in [5, 5.41) is 3.71. The average molecular weight is 275 g/mol. The Bertz CT molecular complexity index is 425. The van der Waals surface area contributed by atoms with E-state index in [1.54, 1.807) is 0 Å². The van der Waals surface area contributed by atoms with Crippen molar-refractivity contribution in [2.45, 2.75) is 65.5 Å². The molecule has 2 atom stereocenters. The molecule has 1 aromatic rings. The van der Waals surface area contributed by atoms with E-state index in [9.17, 15) is 0 Å². The van der Waals surface area contributed by atoms with Crippen LogP contribution in [0.25, 0.3) is 0 Å². The highest BCUT2D eigenvalue weighted by molar-refractivity contribution is 5.32. The molecule has 0 aliphatic heterocycles. The van der Waals surface area contributed by atoms with E-state index in [2.05, 4.69) is 57.3 Å². The molecule has 0 aromatic heterocycles. The zero-order valence-electron chi connectivity index (χ0n) is 13.4.